The lowest BCUT2D eigenvalue weighted by Crippen LogP contribution is -2.51. The number of aliphatic hydroxyl groups excluding tert-OH is 1. The van der Waals surface area contributed by atoms with Gasteiger partial charge < -0.3 is 45.4 Å². The van der Waals surface area contributed by atoms with Crippen LogP contribution in [-0.4, -0.2) is 102 Å². The number of hydrogen-bond donors (Lipinski definition) is 6. The summed E-state index contributed by atoms with van der Waals surface area (Å²) in [5, 5.41) is 25.1. The summed E-state index contributed by atoms with van der Waals surface area (Å²) in [5.41, 5.74) is 5.19. The topological polar surface area (TPSA) is 206 Å². The number of imidazole rings is 2. The van der Waals surface area contributed by atoms with E-state index in [0.29, 0.717) is 30.3 Å². The molecule has 0 spiro atoms. The second kappa shape index (κ2) is 16.1. The molecule has 2 aliphatic heterocycles. The standard InChI is InChI=1S/C39H48N8O7/c1-21(2)31(44-38(51)52)37(50)47-18-16-30(48)33(47)35-41-20-28(43-35)26-14-10-24(11-15-26)23-8-12-25(13-9-23)27-19-40-34(42-27)29-7-6-17-46(29)36(49)32(22(3)4)45-39(53)54-5/h8-15,19-22,29-33,44,48H,6-7,16-18H2,1-5H3,(H,40,42)(H,41,43)(H,45,53)(H,51,52)/t29?,30?,31-,32-,33-/m0/s1. The highest BCUT2D eigenvalue weighted by molar-refractivity contribution is 5.87. The molecule has 0 saturated carbocycles. The van der Waals surface area contributed by atoms with Gasteiger partial charge in [-0.2, -0.15) is 0 Å². The van der Waals surface area contributed by atoms with Gasteiger partial charge in [0, 0.05) is 36.6 Å². The number of ether oxygens (including phenoxy) is 1. The third-order valence-electron chi connectivity index (χ3n) is 10.3. The Hall–Kier alpha value is -5.70. The largest absolute Gasteiger partial charge is 0.465 e. The number of likely N-dealkylation sites (tertiary alicyclic amines) is 2. The Bertz CT molecular complexity index is 1960. The summed E-state index contributed by atoms with van der Waals surface area (Å²) in [6.07, 6.45) is 2.79. The minimum Gasteiger partial charge on any atom is -0.465 e. The van der Waals surface area contributed by atoms with Gasteiger partial charge in [0.25, 0.3) is 0 Å². The van der Waals surface area contributed by atoms with Crippen LogP contribution in [0.4, 0.5) is 9.59 Å². The van der Waals surface area contributed by atoms with Crippen LogP contribution in [0.5, 0.6) is 0 Å². The highest BCUT2D eigenvalue weighted by Crippen LogP contribution is 2.35. The molecule has 54 heavy (non-hydrogen) atoms. The Labute approximate surface area is 313 Å². The molecule has 0 aliphatic carbocycles. The van der Waals surface area contributed by atoms with Crippen molar-refractivity contribution in [2.45, 2.75) is 77.2 Å². The molecular weight excluding hydrogens is 692 g/mol. The molecule has 6 N–H and O–H groups in total. The average Bonchev–Trinajstić information content (AvgIpc) is 3.99. The molecule has 2 saturated heterocycles. The zero-order valence-corrected chi connectivity index (χ0v) is 31.1. The van der Waals surface area contributed by atoms with Crippen LogP contribution < -0.4 is 10.6 Å². The van der Waals surface area contributed by atoms with E-state index in [9.17, 15) is 29.4 Å². The van der Waals surface area contributed by atoms with E-state index in [4.69, 9.17) is 14.7 Å². The maximum atomic E-state index is 13.5. The van der Waals surface area contributed by atoms with Crippen LogP contribution in [-0.2, 0) is 14.3 Å². The minimum atomic E-state index is -1.28. The molecule has 2 aromatic heterocycles. The molecule has 4 heterocycles. The van der Waals surface area contributed by atoms with Crippen LogP contribution >= 0.6 is 0 Å². The maximum absolute atomic E-state index is 13.5. The van der Waals surface area contributed by atoms with E-state index >= 15 is 0 Å². The second-order valence-corrected chi connectivity index (χ2v) is 14.5. The Morgan fingerprint density at radius 1 is 0.741 bits per heavy atom. The van der Waals surface area contributed by atoms with Crippen LogP contribution in [0.25, 0.3) is 33.6 Å². The summed E-state index contributed by atoms with van der Waals surface area (Å²) in [5.74, 6) is 0.195. The fraction of sp³-hybridized carbons (Fsp3) is 0.436. The number of aliphatic hydroxyl groups is 1. The molecule has 0 bridgehead atoms. The van der Waals surface area contributed by atoms with Gasteiger partial charge in [-0.1, -0.05) is 76.2 Å². The van der Waals surface area contributed by atoms with Gasteiger partial charge in [0.05, 0.1) is 30.6 Å². The molecule has 6 rings (SSSR count). The molecule has 2 fully saturated rings. The number of aromatic nitrogens is 4. The Morgan fingerprint density at radius 2 is 1.24 bits per heavy atom. The van der Waals surface area contributed by atoms with Crippen molar-refractivity contribution in [3.05, 3.63) is 72.6 Å². The van der Waals surface area contributed by atoms with E-state index in [0.717, 1.165) is 40.8 Å². The number of carbonyl (C=O) groups is 4. The number of aromatic amines is 2. The van der Waals surface area contributed by atoms with Crippen molar-refractivity contribution in [3.8, 4) is 33.6 Å². The van der Waals surface area contributed by atoms with Crippen molar-refractivity contribution in [2.75, 3.05) is 20.2 Å². The number of carboxylic acid groups (broad SMARTS) is 1. The highest BCUT2D eigenvalue weighted by Gasteiger charge is 2.42. The van der Waals surface area contributed by atoms with Gasteiger partial charge in [0.15, 0.2) is 0 Å². The number of nitrogens with one attached hydrogen (secondary N) is 4. The number of hydrogen-bond acceptors (Lipinski definition) is 8. The summed E-state index contributed by atoms with van der Waals surface area (Å²) in [6, 6.07) is 13.4. The molecule has 2 aromatic carbocycles. The number of carbonyl (C=O) groups excluding carboxylic acids is 3. The van der Waals surface area contributed by atoms with Gasteiger partial charge in [-0.05, 0) is 42.2 Å². The van der Waals surface area contributed by atoms with Gasteiger partial charge in [0.1, 0.15) is 29.8 Å². The van der Waals surface area contributed by atoms with Crippen LogP contribution in [0, 0.1) is 11.8 Å². The Morgan fingerprint density at radius 3 is 1.78 bits per heavy atom. The zero-order chi connectivity index (χ0) is 38.7. The Kier molecular flexibility index (Phi) is 11.4. The number of rotatable bonds is 11. The van der Waals surface area contributed by atoms with Gasteiger partial charge in [-0.3, -0.25) is 9.59 Å². The van der Waals surface area contributed by atoms with Gasteiger partial charge in [-0.25, -0.2) is 19.6 Å². The minimum absolute atomic E-state index is 0.116. The molecule has 4 aromatic rings. The number of amides is 4. The smallest absolute Gasteiger partial charge is 0.407 e. The lowest BCUT2D eigenvalue weighted by Gasteiger charge is -2.30. The van der Waals surface area contributed by atoms with Crippen LogP contribution in [0.15, 0.2) is 60.9 Å². The third kappa shape index (κ3) is 7.95. The fourth-order valence-electron chi connectivity index (χ4n) is 7.33. The fourth-order valence-corrected chi connectivity index (χ4v) is 7.33. The van der Waals surface area contributed by atoms with Crippen LogP contribution in [0.1, 0.15) is 70.7 Å². The summed E-state index contributed by atoms with van der Waals surface area (Å²) in [6.45, 7) is 8.19. The summed E-state index contributed by atoms with van der Waals surface area (Å²) >= 11 is 0. The quantitative estimate of drug-likeness (QED) is 0.121. The van der Waals surface area contributed by atoms with Crippen LogP contribution in [0.2, 0.25) is 0 Å². The lowest BCUT2D eigenvalue weighted by molar-refractivity contribution is -0.136. The number of benzene rings is 2. The van der Waals surface area contributed by atoms with Crippen molar-refractivity contribution in [3.63, 3.8) is 0 Å². The van der Waals surface area contributed by atoms with Crippen molar-refractivity contribution in [1.29, 1.82) is 0 Å². The van der Waals surface area contributed by atoms with E-state index in [-0.39, 0.29) is 30.3 Å². The molecule has 0 radical (unpaired) electrons. The first kappa shape index (κ1) is 38.0. The second-order valence-electron chi connectivity index (χ2n) is 14.5. The van der Waals surface area contributed by atoms with Crippen molar-refractivity contribution in [1.82, 2.24) is 40.4 Å². The predicted octanol–water partition coefficient (Wildman–Crippen LogP) is 5.10. The highest BCUT2D eigenvalue weighted by atomic mass is 16.5. The normalized spacial score (nSPS) is 19.6. The number of H-pyrrole nitrogens is 2. The lowest BCUT2D eigenvalue weighted by atomic mass is 10.0. The van der Waals surface area contributed by atoms with E-state index in [1.807, 2.05) is 68.6 Å². The van der Waals surface area contributed by atoms with E-state index in [2.05, 4.69) is 20.6 Å². The van der Waals surface area contributed by atoms with E-state index in [1.165, 1.54) is 12.0 Å². The van der Waals surface area contributed by atoms with E-state index in [1.54, 1.807) is 24.9 Å². The molecule has 2 aliphatic rings. The molecular formula is C39H48N8O7. The van der Waals surface area contributed by atoms with Gasteiger partial charge in [0.2, 0.25) is 11.8 Å². The molecule has 15 nitrogen and oxygen atoms in total. The molecule has 286 valence electrons. The number of methoxy groups -OCH3 is 1. The van der Waals surface area contributed by atoms with Crippen molar-refractivity contribution >= 4 is 24.0 Å². The van der Waals surface area contributed by atoms with E-state index < -0.39 is 42.3 Å². The van der Waals surface area contributed by atoms with Crippen molar-refractivity contribution < 1.29 is 34.1 Å². The maximum Gasteiger partial charge on any atom is 0.407 e. The Balaban J connectivity index is 1.12. The summed E-state index contributed by atoms with van der Waals surface area (Å²) in [4.78, 5) is 69.5. The molecule has 5 atom stereocenters. The van der Waals surface area contributed by atoms with Crippen molar-refractivity contribution in [2.24, 2.45) is 11.8 Å². The average molecular weight is 741 g/mol. The zero-order valence-electron chi connectivity index (χ0n) is 31.1. The van der Waals surface area contributed by atoms with Gasteiger partial charge >= 0.3 is 12.2 Å². The molecule has 15 heteroatoms. The summed E-state index contributed by atoms with van der Waals surface area (Å²) in [7, 11) is 1.28. The number of nitrogens with zero attached hydrogens (tertiary/aromatic N) is 4. The SMILES string of the molecule is COC(=O)N[C@H](C(=O)N1CCCC1c1nc(-c2ccc(-c3ccc(-c4c[nH]c([C@@H]5C(O)CCN5C(=O)[C@@H](NC(=O)O)C(C)C)n4)cc3)cc2)c[nH]1)C(C)C. The van der Waals surface area contributed by atoms with Crippen LogP contribution in [0.3, 0.4) is 0 Å². The summed E-state index contributed by atoms with van der Waals surface area (Å²) < 4.78 is 4.74. The molecule has 4 amide bonds. The first-order valence-corrected chi connectivity index (χ1v) is 18.3. The first-order valence-electron chi connectivity index (χ1n) is 18.3. The van der Waals surface area contributed by atoms with Gasteiger partial charge in [-0.15, -0.1) is 0 Å². The third-order valence-corrected chi connectivity index (χ3v) is 10.3. The monoisotopic (exact) mass is 740 g/mol. The molecule has 2 unspecified atom stereocenters. The first-order chi connectivity index (χ1) is 25.9. The number of alkyl carbamates (subject to hydrolysis) is 1. The predicted molar refractivity (Wildman–Crippen MR) is 200 cm³/mol.